The molecule has 0 unspecified atom stereocenters. The minimum atomic E-state index is -1.31. The second-order valence-electron chi connectivity index (χ2n) is 3.80. The topological polar surface area (TPSA) is 70.3 Å². The molecule has 1 N–H and O–H groups in total. The number of carboxylic acids is 1. The third-order valence-corrected chi connectivity index (χ3v) is 2.77. The summed E-state index contributed by atoms with van der Waals surface area (Å²) in [6.07, 6.45) is 0. The molecule has 0 heterocycles. The van der Waals surface area contributed by atoms with Gasteiger partial charge in [-0.15, -0.1) is 0 Å². The van der Waals surface area contributed by atoms with Crippen molar-refractivity contribution < 1.29 is 19.0 Å². The van der Waals surface area contributed by atoms with Gasteiger partial charge in [0.1, 0.15) is 28.9 Å². The molecule has 2 aromatic rings. The number of hydrogen-bond donors (Lipinski definition) is 1. The summed E-state index contributed by atoms with van der Waals surface area (Å²) < 4.78 is 18.4. The Bertz CT molecular complexity index is 725. The average Bonchev–Trinajstić information content (AvgIpc) is 2.41. The van der Waals surface area contributed by atoms with Crippen molar-refractivity contribution in [1.29, 1.82) is 5.26 Å². The van der Waals surface area contributed by atoms with E-state index in [0.717, 1.165) is 12.1 Å². The standard InChI is InChI=1S/C14H7ClFNO3/c15-12-6-10(3-1-8(12)7-17)20-13-4-2-9(16)5-11(13)14(18)19/h1-6H,(H,18,19). The Morgan fingerprint density at radius 1 is 1.30 bits per heavy atom. The highest BCUT2D eigenvalue weighted by Gasteiger charge is 2.14. The van der Waals surface area contributed by atoms with E-state index in [1.807, 2.05) is 6.07 Å². The van der Waals surface area contributed by atoms with E-state index in [1.165, 1.54) is 24.3 Å². The first-order chi connectivity index (χ1) is 9.51. The van der Waals surface area contributed by atoms with Crippen LogP contribution in [0.2, 0.25) is 5.02 Å². The second kappa shape index (κ2) is 5.59. The first-order valence-corrected chi connectivity index (χ1v) is 5.79. The lowest BCUT2D eigenvalue weighted by molar-refractivity contribution is 0.0693. The molecule has 0 aromatic heterocycles. The van der Waals surface area contributed by atoms with Gasteiger partial charge in [0.15, 0.2) is 0 Å². The maximum Gasteiger partial charge on any atom is 0.339 e. The molecular weight excluding hydrogens is 285 g/mol. The molecule has 0 aliphatic rings. The van der Waals surface area contributed by atoms with Crippen LogP contribution < -0.4 is 4.74 Å². The zero-order chi connectivity index (χ0) is 14.7. The van der Waals surface area contributed by atoms with Crippen LogP contribution >= 0.6 is 11.6 Å². The smallest absolute Gasteiger partial charge is 0.339 e. The molecule has 0 aliphatic heterocycles. The zero-order valence-corrected chi connectivity index (χ0v) is 10.7. The normalized spacial score (nSPS) is 9.85. The monoisotopic (exact) mass is 291 g/mol. The molecule has 0 saturated heterocycles. The fraction of sp³-hybridized carbons (Fsp3) is 0. The second-order valence-corrected chi connectivity index (χ2v) is 4.21. The van der Waals surface area contributed by atoms with Gasteiger partial charge in [0.2, 0.25) is 0 Å². The molecule has 0 spiro atoms. The SMILES string of the molecule is N#Cc1ccc(Oc2ccc(F)cc2C(=O)O)cc1Cl. The summed E-state index contributed by atoms with van der Waals surface area (Å²) in [5.41, 5.74) is -0.0259. The van der Waals surface area contributed by atoms with Crippen LogP contribution in [-0.4, -0.2) is 11.1 Å². The third kappa shape index (κ3) is 2.87. The lowest BCUT2D eigenvalue weighted by Crippen LogP contribution is -2.00. The highest BCUT2D eigenvalue weighted by molar-refractivity contribution is 6.31. The number of benzene rings is 2. The van der Waals surface area contributed by atoms with Gasteiger partial charge in [-0.1, -0.05) is 11.6 Å². The zero-order valence-electron chi connectivity index (χ0n) is 9.93. The number of hydrogen-bond acceptors (Lipinski definition) is 3. The van der Waals surface area contributed by atoms with E-state index in [-0.39, 0.29) is 27.6 Å². The molecule has 0 radical (unpaired) electrons. The minimum Gasteiger partial charge on any atom is -0.478 e. The number of carboxylic acid groups (broad SMARTS) is 1. The van der Waals surface area contributed by atoms with Crippen LogP contribution in [0.3, 0.4) is 0 Å². The van der Waals surface area contributed by atoms with Gasteiger partial charge in [-0.05, 0) is 30.3 Å². The molecule has 0 atom stereocenters. The van der Waals surface area contributed by atoms with E-state index in [9.17, 15) is 9.18 Å². The van der Waals surface area contributed by atoms with Crippen molar-refractivity contribution in [3.63, 3.8) is 0 Å². The lowest BCUT2D eigenvalue weighted by Gasteiger charge is -2.09. The maximum absolute atomic E-state index is 13.0. The Morgan fingerprint density at radius 3 is 2.65 bits per heavy atom. The van der Waals surface area contributed by atoms with Gasteiger partial charge in [-0.3, -0.25) is 0 Å². The first kappa shape index (κ1) is 13.8. The van der Waals surface area contributed by atoms with Crippen molar-refractivity contribution in [3.8, 4) is 17.6 Å². The Kier molecular flexibility index (Phi) is 3.87. The predicted molar refractivity (Wildman–Crippen MR) is 69.6 cm³/mol. The number of nitriles is 1. The highest BCUT2D eigenvalue weighted by Crippen LogP contribution is 2.29. The first-order valence-electron chi connectivity index (χ1n) is 5.41. The minimum absolute atomic E-state index is 0.0142. The van der Waals surface area contributed by atoms with Gasteiger partial charge >= 0.3 is 5.97 Å². The number of nitrogens with zero attached hydrogens (tertiary/aromatic N) is 1. The summed E-state index contributed by atoms with van der Waals surface area (Å²) in [7, 11) is 0. The van der Waals surface area contributed by atoms with Crippen LogP contribution in [0, 0.1) is 17.1 Å². The number of aromatic carboxylic acids is 1. The Hall–Kier alpha value is -2.58. The molecule has 4 nitrogen and oxygen atoms in total. The summed E-state index contributed by atoms with van der Waals surface area (Å²) in [6.45, 7) is 0. The van der Waals surface area contributed by atoms with Crippen molar-refractivity contribution in [2.45, 2.75) is 0 Å². The van der Waals surface area contributed by atoms with Crippen LogP contribution in [0.15, 0.2) is 36.4 Å². The molecule has 0 fully saturated rings. The van der Waals surface area contributed by atoms with Crippen molar-refractivity contribution in [1.82, 2.24) is 0 Å². The van der Waals surface area contributed by atoms with Crippen LogP contribution in [0.4, 0.5) is 4.39 Å². The van der Waals surface area contributed by atoms with Gasteiger partial charge in [0.25, 0.3) is 0 Å². The predicted octanol–water partition coefficient (Wildman–Crippen LogP) is 3.84. The molecule has 100 valence electrons. The summed E-state index contributed by atoms with van der Waals surface area (Å²) in [5.74, 6) is -1.74. The number of rotatable bonds is 3. The van der Waals surface area contributed by atoms with Gasteiger partial charge in [-0.2, -0.15) is 5.26 Å². The fourth-order valence-corrected chi connectivity index (χ4v) is 1.75. The van der Waals surface area contributed by atoms with Crippen molar-refractivity contribution >= 4 is 17.6 Å². The molecule has 6 heteroatoms. The average molecular weight is 292 g/mol. The van der Waals surface area contributed by atoms with E-state index < -0.39 is 11.8 Å². The van der Waals surface area contributed by atoms with E-state index in [2.05, 4.69) is 0 Å². The Balaban J connectivity index is 2.38. The highest BCUT2D eigenvalue weighted by atomic mass is 35.5. The van der Waals surface area contributed by atoms with Gasteiger partial charge < -0.3 is 9.84 Å². The van der Waals surface area contributed by atoms with Gasteiger partial charge in [0.05, 0.1) is 10.6 Å². The van der Waals surface area contributed by atoms with E-state index in [1.54, 1.807) is 0 Å². The lowest BCUT2D eigenvalue weighted by atomic mass is 10.2. The quantitative estimate of drug-likeness (QED) is 0.932. The number of ether oxygens (including phenoxy) is 1. The molecule has 0 saturated carbocycles. The molecule has 0 aliphatic carbocycles. The molecule has 0 bridgehead atoms. The van der Waals surface area contributed by atoms with E-state index >= 15 is 0 Å². The molecule has 0 amide bonds. The van der Waals surface area contributed by atoms with Crippen LogP contribution in [0.1, 0.15) is 15.9 Å². The Labute approximate surface area is 118 Å². The molecule has 2 rings (SSSR count). The number of halogens is 2. The van der Waals surface area contributed by atoms with E-state index in [4.69, 9.17) is 26.7 Å². The van der Waals surface area contributed by atoms with Crippen molar-refractivity contribution in [2.24, 2.45) is 0 Å². The Morgan fingerprint density at radius 2 is 2.05 bits per heavy atom. The fourth-order valence-electron chi connectivity index (χ4n) is 1.54. The molecular formula is C14H7ClFNO3. The summed E-state index contributed by atoms with van der Waals surface area (Å²) in [4.78, 5) is 11.0. The van der Waals surface area contributed by atoms with E-state index in [0.29, 0.717) is 0 Å². The largest absolute Gasteiger partial charge is 0.478 e. The van der Waals surface area contributed by atoms with Crippen molar-refractivity contribution in [3.05, 3.63) is 58.4 Å². The van der Waals surface area contributed by atoms with Crippen molar-refractivity contribution in [2.75, 3.05) is 0 Å². The maximum atomic E-state index is 13.0. The van der Waals surface area contributed by atoms with Crippen LogP contribution in [-0.2, 0) is 0 Å². The molecule has 20 heavy (non-hydrogen) atoms. The number of carbonyl (C=O) groups is 1. The van der Waals surface area contributed by atoms with Gasteiger partial charge in [-0.25, -0.2) is 9.18 Å². The summed E-state index contributed by atoms with van der Waals surface area (Å²) in [6, 6.07) is 9.36. The van der Waals surface area contributed by atoms with Gasteiger partial charge in [0, 0.05) is 6.07 Å². The summed E-state index contributed by atoms with van der Waals surface area (Å²) >= 11 is 5.84. The third-order valence-electron chi connectivity index (χ3n) is 2.46. The van der Waals surface area contributed by atoms with Crippen LogP contribution in [0.5, 0.6) is 11.5 Å². The van der Waals surface area contributed by atoms with Crippen LogP contribution in [0.25, 0.3) is 0 Å². The molecule has 2 aromatic carbocycles. The summed E-state index contributed by atoms with van der Waals surface area (Å²) in [5, 5.41) is 17.9.